The Morgan fingerprint density at radius 3 is 1.88 bits per heavy atom. The molecule has 0 saturated heterocycles. The molecule has 0 spiro atoms. The van der Waals surface area contributed by atoms with E-state index in [1.807, 2.05) is 0 Å². The minimum absolute atomic E-state index is 0.0179. The zero-order chi connectivity index (χ0) is 12.1. The van der Waals surface area contributed by atoms with Gasteiger partial charge in [0.2, 0.25) is 0 Å². The molecule has 0 aliphatic carbocycles. The molecule has 1 rings (SSSR count). The Morgan fingerprint density at radius 2 is 1.56 bits per heavy atom. The molecule has 5 nitrogen and oxygen atoms in total. The molecule has 0 heterocycles. The van der Waals surface area contributed by atoms with E-state index in [-0.39, 0.29) is 23.9 Å². The van der Waals surface area contributed by atoms with Crippen molar-refractivity contribution in [1.29, 1.82) is 0 Å². The number of phenolic OH excluding ortho intramolecular Hbond substituents is 1. The number of hydrogen-bond acceptors (Lipinski definition) is 5. The van der Waals surface area contributed by atoms with Crippen molar-refractivity contribution in [3.63, 3.8) is 0 Å². The SMILES string of the molecule is COCc1cc([SH](=O)=O)cc(COC)c1O. The number of hydrogen-bond donors (Lipinski definition) is 2. The largest absolute Gasteiger partial charge is 0.507 e. The van der Waals surface area contributed by atoms with Gasteiger partial charge >= 0.3 is 0 Å². The van der Waals surface area contributed by atoms with Crippen molar-refractivity contribution in [2.24, 2.45) is 0 Å². The first-order chi connectivity index (χ1) is 7.60. The molecule has 90 valence electrons. The second-order valence-electron chi connectivity index (χ2n) is 3.24. The van der Waals surface area contributed by atoms with Crippen LogP contribution in [0.5, 0.6) is 5.75 Å². The molecule has 1 aromatic carbocycles. The Bertz CT molecular complexity index is 404. The van der Waals surface area contributed by atoms with Gasteiger partial charge in [0.15, 0.2) is 10.7 Å². The van der Waals surface area contributed by atoms with E-state index in [2.05, 4.69) is 0 Å². The van der Waals surface area contributed by atoms with Crippen LogP contribution in [0.3, 0.4) is 0 Å². The van der Waals surface area contributed by atoms with Crippen LogP contribution in [0.1, 0.15) is 11.1 Å². The number of phenols is 1. The van der Waals surface area contributed by atoms with Gasteiger partial charge in [0.25, 0.3) is 0 Å². The molecule has 0 unspecified atom stereocenters. The summed E-state index contributed by atoms with van der Waals surface area (Å²) < 4.78 is 31.6. The monoisotopic (exact) mass is 246 g/mol. The summed E-state index contributed by atoms with van der Waals surface area (Å²) in [6, 6.07) is 2.79. The van der Waals surface area contributed by atoms with Crippen LogP contribution in [0, 0.1) is 0 Å². The number of benzene rings is 1. The third-order valence-electron chi connectivity index (χ3n) is 2.06. The predicted molar refractivity (Wildman–Crippen MR) is 58.1 cm³/mol. The molecular weight excluding hydrogens is 232 g/mol. The summed E-state index contributed by atoms with van der Waals surface area (Å²) >= 11 is 0. The molecular formula is C10H14O5S. The zero-order valence-electron chi connectivity index (χ0n) is 9.10. The summed E-state index contributed by atoms with van der Waals surface area (Å²) in [5.41, 5.74) is 0.873. The number of ether oxygens (including phenoxy) is 2. The fourth-order valence-corrected chi connectivity index (χ4v) is 1.90. The van der Waals surface area contributed by atoms with Crippen molar-refractivity contribution in [3.8, 4) is 5.75 Å². The van der Waals surface area contributed by atoms with Crippen LogP contribution in [0.15, 0.2) is 17.0 Å². The Balaban J connectivity index is 3.26. The Kier molecular flexibility index (Phi) is 4.72. The van der Waals surface area contributed by atoms with Gasteiger partial charge in [0, 0.05) is 25.3 Å². The summed E-state index contributed by atoms with van der Waals surface area (Å²) in [5, 5.41) is 9.80. The highest BCUT2D eigenvalue weighted by Crippen LogP contribution is 2.26. The van der Waals surface area contributed by atoms with Gasteiger partial charge in [-0.05, 0) is 12.1 Å². The molecule has 0 aromatic heterocycles. The van der Waals surface area contributed by atoms with Crippen LogP contribution in [0.4, 0.5) is 0 Å². The first-order valence-corrected chi connectivity index (χ1v) is 5.75. The number of thiol groups is 1. The van der Waals surface area contributed by atoms with E-state index in [0.29, 0.717) is 11.1 Å². The highest BCUT2D eigenvalue weighted by molar-refractivity contribution is 7.72. The first-order valence-electron chi connectivity index (χ1n) is 4.57. The van der Waals surface area contributed by atoms with Gasteiger partial charge in [-0.25, -0.2) is 8.42 Å². The van der Waals surface area contributed by atoms with E-state index in [1.165, 1.54) is 26.4 Å². The van der Waals surface area contributed by atoms with Crippen LogP contribution in [0.2, 0.25) is 0 Å². The topological polar surface area (TPSA) is 72.8 Å². The van der Waals surface area contributed by atoms with Gasteiger partial charge in [0.1, 0.15) is 5.75 Å². The van der Waals surface area contributed by atoms with Gasteiger partial charge in [-0.1, -0.05) is 0 Å². The van der Waals surface area contributed by atoms with E-state index in [0.717, 1.165) is 0 Å². The molecule has 1 aromatic rings. The van der Waals surface area contributed by atoms with Crippen molar-refractivity contribution in [2.45, 2.75) is 18.1 Å². The third-order valence-corrected chi connectivity index (χ3v) is 2.74. The van der Waals surface area contributed by atoms with Crippen molar-refractivity contribution >= 4 is 10.7 Å². The van der Waals surface area contributed by atoms with E-state index in [1.54, 1.807) is 0 Å². The van der Waals surface area contributed by atoms with Gasteiger partial charge in [-0.15, -0.1) is 0 Å². The zero-order valence-corrected chi connectivity index (χ0v) is 9.99. The molecule has 0 fully saturated rings. The standard InChI is InChI=1S/C10H14O5S/c1-14-5-7-3-9(16(12)13)4-8(6-15-2)10(7)11/h3-4,11,16H,5-6H2,1-2H3. The lowest BCUT2D eigenvalue weighted by atomic mass is 10.1. The highest BCUT2D eigenvalue weighted by atomic mass is 32.2. The lowest BCUT2D eigenvalue weighted by molar-refractivity contribution is 0.174. The van der Waals surface area contributed by atoms with Crippen LogP contribution < -0.4 is 0 Å². The summed E-state index contributed by atoms with van der Waals surface area (Å²) in [4.78, 5) is 0.145. The van der Waals surface area contributed by atoms with Gasteiger partial charge in [-0.3, -0.25) is 0 Å². The number of methoxy groups -OCH3 is 2. The maximum absolute atomic E-state index is 10.9. The van der Waals surface area contributed by atoms with Crippen molar-refractivity contribution in [3.05, 3.63) is 23.3 Å². The number of rotatable bonds is 5. The average Bonchev–Trinajstić information content (AvgIpc) is 2.24. The van der Waals surface area contributed by atoms with Gasteiger partial charge < -0.3 is 14.6 Å². The molecule has 0 bridgehead atoms. The van der Waals surface area contributed by atoms with E-state index in [4.69, 9.17) is 9.47 Å². The van der Waals surface area contributed by atoms with Crippen molar-refractivity contribution < 1.29 is 23.0 Å². The molecule has 0 radical (unpaired) electrons. The smallest absolute Gasteiger partial charge is 0.168 e. The lowest BCUT2D eigenvalue weighted by Gasteiger charge is -2.09. The molecule has 0 aliphatic heterocycles. The predicted octanol–water partition coefficient (Wildman–Crippen LogP) is 0.655. The van der Waals surface area contributed by atoms with Crippen molar-refractivity contribution in [1.82, 2.24) is 0 Å². The molecule has 6 heteroatoms. The van der Waals surface area contributed by atoms with Crippen LogP contribution in [-0.2, 0) is 33.4 Å². The Labute approximate surface area is 95.6 Å². The molecule has 0 aliphatic rings. The van der Waals surface area contributed by atoms with Gasteiger partial charge in [-0.2, -0.15) is 0 Å². The molecule has 16 heavy (non-hydrogen) atoms. The summed E-state index contributed by atoms with van der Waals surface area (Å²) in [6.07, 6.45) is 0. The minimum atomic E-state index is -2.68. The van der Waals surface area contributed by atoms with Crippen LogP contribution in [0.25, 0.3) is 0 Å². The Hall–Kier alpha value is -1.11. The summed E-state index contributed by atoms with van der Waals surface area (Å²) in [7, 11) is 0.259. The Morgan fingerprint density at radius 1 is 1.12 bits per heavy atom. The van der Waals surface area contributed by atoms with E-state index < -0.39 is 10.7 Å². The summed E-state index contributed by atoms with van der Waals surface area (Å²) in [6.45, 7) is 0.305. The molecule has 1 N–H and O–H groups in total. The van der Waals surface area contributed by atoms with Gasteiger partial charge in [0.05, 0.1) is 18.1 Å². The quantitative estimate of drug-likeness (QED) is 0.746. The molecule has 0 saturated carbocycles. The average molecular weight is 246 g/mol. The van der Waals surface area contributed by atoms with E-state index in [9.17, 15) is 13.5 Å². The molecule has 0 atom stereocenters. The fraction of sp³-hybridized carbons (Fsp3) is 0.400. The van der Waals surface area contributed by atoms with E-state index >= 15 is 0 Å². The molecule has 0 amide bonds. The van der Waals surface area contributed by atoms with Crippen molar-refractivity contribution in [2.75, 3.05) is 14.2 Å². The second kappa shape index (κ2) is 5.83. The summed E-state index contributed by atoms with van der Waals surface area (Å²) in [5.74, 6) is 0.0179. The normalized spacial score (nSPS) is 10.9. The lowest BCUT2D eigenvalue weighted by Crippen LogP contribution is -1.97. The number of aromatic hydroxyl groups is 1. The van der Waals surface area contributed by atoms with Crippen LogP contribution >= 0.6 is 0 Å². The fourth-order valence-electron chi connectivity index (χ4n) is 1.38. The third kappa shape index (κ3) is 2.94. The second-order valence-corrected chi connectivity index (χ2v) is 4.27. The minimum Gasteiger partial charge on any atom is -0.507 e. The maximum atomic E-state index is 10.9. The first kappa shape index (κ1) is 13.0. The maximum Gasteiger partial charge on any atom is 0.168 e. The van der Waals surface area contributed by atoms with Crippen LogP contribution in [-0.4, -0.2) is 27.7 Å². The highest BCUT2D eigenvalue weighted by Gasteiger charge is 2.11.